The molecule has 0 fully saturated rings. The number of hydrogen-bond acceptors (Lipinski definition) is 4. The number of fused-ring (bicyclic) bond motifs is 2. The van der Waals surface area contributed by atoms with Crippen molar-refractivity contribution in [1.29, 1.82) is 0 Å². The quantitative estimate of drug-likeness (QED) is 0.569. The minimum Gasteiger partial charge on any atom is -0.490 e. The van der Waals surface area contributed by atoms with E-state index in [1.54, 1.807) is 0 Å². The number of hydrogen-bond donors (Lipinski definition) is 2. The summed E-state index contributed by atoms with van der Waals surface area (Å²) in [6.45, 7) is 14.0. The summed E-state index contributed by atoms with van der Waals surface area (Å²) in [6, 6.07) is 12.4. The number of rotatable bonds is 5. The van der Waals surface area contributed by atoms with Gasteiger partial charge in [0.25, 0.3) is 0 Å². The Kier molecular flexibility index (Phi) is 5.05. The van der Waals surface area contributed by atoms with Crippen LogP contribution in [0.1, 0.15) is 52.7 Å². The van der Waals surface area contributed by atoms with E-state index in [0.717, 1.165) is 22.9 Å². The SMILES string of the molecule is CC1=CC(C)(C)Nc2ccc(OCCOc3ccc4c(c3)C(C)=CC(C)(C)N4)cc21. The molecule has 0 aromatic heterocycles. The molecule has 0 atom stereocenters. The van der Waals surface area contributed by atoms with Crippen LogP contribution in [-0.2, 0) is 0 Å². The Balaban J connectivity index is 1.35. The molecule has 30 heavy (non-hydrogen) atoms. The van der Waals surface area contributed by atoms with Gasteiger partial charge in [-0.2, -0.15) is 0 Å². The van der Waals surface area contributed by atoms with Crippen LogP contribution in [0, 0.1) is 0 Å². The van der Waals surface area contributed by atoms with Crippen molar-refractivity contribution in [1.82, 2.24) is 0 Å². The van der Waals surface area contributed by atoms with Crippen molar-refractivity contribution in [3.63, 3.8) is 0 Å². The highest BCUT2D eigenvalue weighted by Gasteiger charge is 2.23. The van der Waals surface area contributed by atoms with Crippen molar-refractivity contribution in [3.05, 3.63) is 59.7 Å². The van der Waals surface area contributed by atoms with E-state index in [1.165, 1.54) is 22.3 Å². The average molecular weight is 405 g/mol. The van der Waals surface area contributed by atoms with Gasteiger partial charge in [-0.3, -0.25) is 0 Å². The number of anilines is 2. The van der Waals surface area contributed by atoms with Gasteiger partial charge < -0.3 is 20.1 Å². The van der Waals surface area contributed by atoms with Gasteiger partial charge in [-0.15, -0.1) is 0 Å². The van der Waals surface area contributed by atoms with Crippen LogP contribution in [0.4, 0.5) is 11.4 Å². The van der Waals surface area contributed by atoms with Crippen molar-refractivity contribution < 1.29 is 9.47 Å². The molecule has 0 amide bonds. The average Bonchev–Trinajstić information content (AvgIpc) is 2.64. The maximum absolute atomic E-state index is 5.95. The Morgan fingerprint density at radius 2 is 1.07 bits per heavy atom. The second-order valence-electron chi connectivity index (χ2n) is 9.46. The fraction of sp³-hybridized carbons (Fsp3) is 0.385. The molecule has 0 spiro atoms. The number of ether oxygens (including phenoxy) is 2. The normalized spacial score (nSPS) is 18.1. The maximum atomic E-state index is 5.95. The van der Waals surface area contributed by atoms with E-state index in [9.17, 15) is 0 Å². The van der Waals surface area contributed by atoms with Crippen molar-refractivity contribution in [2.45, 2.75) is 52.6 Å². The molecule has 158 valence electrons. The van der Waals surface area contributed by atoms with Crippen LogP contribution in [0.5, 0.6) is 11.5 Å². The highest BCUT2D eigenvalue weighted by atomic mass is 16.5. The third kappa shape index (κ3) is 4.33. The molecular formula is C26H32N2O2. The van der Waals surface area contributed by atoms with E-state index in [-0.39, 0.29) is 11.1 Å². The van der Waals surface area contributed by atoms with Crippen LogP contribution in [0.2, 0.25) is 0 Å². The monoisotopic (exact) mass is 404 g/mol. The zero-order chi connectivity index (χ0) is 21.5. The molecule has 2 heterocycles. The second kappa shape index (κ2) is 7.42. The Hall–Kier alpha value is -2.88. The summed E-state index contributed by atoms with van der Waals surface area (Å²) in [4.78, 5) is 0. The lowest BCUT2D eigenvalue weighted by Gasteiger charge is -2.31. The van der Waals surface area contributed by atoms with Gasteiger partial charge in [0.2, 0.25) is 0 Å². The summed E-state index contributed by atoms with van der Waals surface area (Å²) in [6.07, 6.45) is 4.51. The lowest BCUT2D eigenvalue weighted by molar-refractivity contribution is 0.217. The van der Waals surface area contributed by atoms with Gasteiger partial charge in [0, 0.05) is 22.5 Å². The summed E-state index contributed by atoms with van der Waals surface area (Å²) in [7, 11) is 0. The Labute approximate surface area is 180 Å². The summed E-state index contributed by atoms with van der Waals surface area (Å²) in [5.41, 5.74) is 7.17. The van der Waals surface area contributed by atoms with Gasteiger partial charge in [0.15, 0.2) is 0 Å². The predicted molar refractivity (Wildman–Crippen MR) is 127 cm³/mol. The Morgan fingerprint density at radius 1 is 0.667 bits per heavy atom. The standard InChI is InChI=1S/C26H32N2O2/c1-17-15-25(3,4)27-23-9-7-19(13-21(17)23)29-11-12-30-20-8-10-24-22(14-20)18(2)16-26(5,6)28-24/h7-10,13-16,27-28H,11-12H2,1-6H3. The van der Waals surface area contributed by atoms with Crippen LogP contribution < -0.4 is 20.1 Å². The lowest BCUT2D eigenvalue weighted by Crippen LogP contribution is -2.31. The minimum atomic E-state index is -0.0268. The summed E-state index contributed by atoms with van der Waals surface area (Å²) in [5.74, 6) is 1.73. The van der Waals surface area contributed by atoms with E-state index in [0.29, 0.717) is 13.2 Å². The van der Waals surface area contributed by atoms with Crippen molar-refractivity contribution >= 4 is 22.5 Å². The molecule has 4 heteroatoms. The third-order valence-electron chi connectivity index (χ3n) is 5.52. The van der Waals surface area contributed by atoms with Crippen LogP contribution in [0.3, 0.4) is 0 Å². The van der Waals surface area contributed by atoms with Gasteiger partial charge >= 0.3 is 0 Å². The largest absolute Gasteiger partial charge is 0.490 e. The van der Waals surface area contributed by atoms with Gasteiger partial charge in [0.05, 0.1) is 11.1 Å². The molecule has 2 aliphatic heterocycles. The van der Waals surface area contributed by atoms with E-state index in [2.05, 4.69) is 88.6 Å². The highest BCUT2D eigenvalue weighted by molar-refractivity contribution is 5.81. The number of benzene rings is 2. The molecule has 0 unspecified atom stereocenters. The molecule has 2 aromatic carbocycles. The second-order valence-corrected chi connectivity index (χ2v) is 9.46. The van der Waals surface area contributed by atoms with Crippen molar-refractivity contribution in [2.24, 2.45) is 0 Å². The zero-order valence-electron chi connectivity index (χ0n) is 18.8. The van der Waals surface area contributed by atoms with Gasteiger partial charge in [-0.1, -0.05) is 12.2 Å². The molecule has 2 N–H and O–H groups in total. The van der Waals surface area contributed by atoms with Crippen molar-refractivity contribution in [2.75, 3.05) is 23.8 Å². The third-order valence-corrected chi connectivity index (χ3v) is 5.52. The van der Waals surface area contributed by atoms with Gasteiger partial charge in [0.1, 0.15) is 24.7 Å². The van der Waals surface area contributed by atoms with Crippen LogP contribution >= 0.6 is 0 Å². The number of allylic oxidation sites excluding steroid dienone is 2. The lowest BCUT2D eigenvalue weighted by atomic mass is 9.91. The van der Waals surface area contributed by atoms with Gasteiger partial charge in [-0.25, -0.2) is 0 Å². The molecular weight excluding hydrogens is 372 g/mol. The molecule has 0 saturated heterocycles. The fourth-order valence-corrected chi connectivity index (χ4v) is 4.42. The van der Waals surface area contributed by atoms with Crippen LogP contribution in [0.25, 0.3) is 11.1 Å². The van der Waals surface area contributed by atoms with E-state index >= 15 is 0 Å². The molecule has 0 aliphatic carbocycles. The van der Waals surface area contributed by atoms with Crippen LogP contribution in [0.15, 0.2) is 48.6 Å². The van der Waals surface area contributed by atoms with Crippen molar-refractivity contribution in [3.8, 4) is 11.5 Å². The topological polar surface area (TPSA) is 42.5 Å². The first-order valence-electron chi connectivity index (χ1n) is 10.6. The molecule has 2 aliphatic rings. The summed E-state index contributed by atoms with van der Waals surface area (Å²) >= 11 is 0. The molecule has 4 nitrogen and oxygen atoms in total. The van der Waals surface area contributed by atoms with E-state index < -0.39 is 0 Å². The van der Waals surface area contributed by atoms with E-state index in [4.69, 9.17) is 9.47 Å². The Morgan fingerprint density at radius 3 is 1.47 bits per heavy atom. The molecule has 4 rings (SSSR count). The first-order chi connectivity index (χ1) is 14.1. The summed E-state index contributed by atoms with van der Waals surface area (Å²) < 4.78 is 11.9. The predicted octanol–water partition coefficient (Wildman–Crippen LogP) is 6.36. The maximum Gasteiger partial charge on any atom is 0.122 e. The van der Waals surface area contributed by atoms with E-state index in [1.807, 2.05) is 12.1 Å². The fourth-order valence-electron chi connectivity index (χ4n) is 4.42. The minimum absolute atomic E-state index is 0.0268. The first kappa shape index (κ1) is 20.4. The van der Waals surface area contributed by atoms with Crippen LogP contribution in [-0.4, -0.2) is 24.3 Å². The van der Waals surface area contributed by atoms with Gasteiger partial charge in [-0.05, 0) is 89.1 Å². The smallest absolute Gasteiger partial charge is 0.122 e. The molecule has 0 bridgehead atoms. The first-order valence-corrected chi connectivity index (χ1v) is 10.6. The molecule has 0 saturated carbocycles. The molecule has 0 radical (unpaired) electrons. The number of nitrogens with one attached hydrogen (secondary N) is 2. The Bertz CT molecular complexity index is 948. The summed E-state index contributed by atoms with van der Waals surface area (Å²) in [5, 5.41) is 7.10. The molecule has 2 aromatic rings. The zero-order valence-corrected chi connectivity index (χ0v) is 18.8. The highest BCUT2D eigenvalue weighted by Crippen LogP contribution is 2.37.